The maximum atomic E-state index is 11.8. The Balaban J connectivity index is 2.53. The first kappa shape index (κ1) is 12.1. The van der Waals surface area contributed by atoms with Crippen LogP contribution in [0.15, 0.2) is 36.5 Å². The highest BCUT2D eigenvalue weighted by Gasteiger charge is 2.19. The van der Waals surface area contributed by atoms with Gasteiger partial charge in [-0.3, -0.25) is 4.79 Å². The summed E-state index contributed by atoms with van der Waals surface area (Å²) in [5.41, 5.74) is 2.15. The van der Waals surface area contributed by atoms with E-state index in [1.807, 2.05) is 30.3 Å². The average molecular weight is 243 g/mol. The molecule has 0 saturated carbocycles. The maximum Gasteiger partial charge on any atom is 0.355 e. The second-order valence-electron chi connectivity index (χ2n) is 3.70. The second kappa shape index (κ2) is 5.31. The normalized spacial score (nSPS) is 10.1. The van der Waals surface area contributed by atoms with Gasteiger partial charge in [-0.25, -0.2) is 4.79 Å². The minimum absolute atomic E-state index is 0.294. The van der Waals surface area contributed by atoms with Crippen molar-refractivity contribution in [3.05, 3.63) is 47.8 Å². The average Bonchev–Trinajstić information content (AvgIpc) is 2.83. The van der Waals surface area contributed by atoms with Gasteiger partial charge in [0.15, 0.2) is 6.29 Å². The van der Waals surface area contributed by atoms with Crippen molar-refractivity contribution >= 4 is 12.3 Å². The van der Waals surface area contributed by atoms with E-state index in [1.165, 1.54) is 6.20 Å². The van der Waals surface area contributed by atoms with Crippen molar-refractivity contribution in [3.63, 3.8) is 0 Å². The predicted molar refractivity (Wildman–Crippen MR) is 67.6 cm³/mol. The first-order valence-corrected chi connectivity index (χ1v) is 5.67. The number of H-pyrrole nitrogens is 1. The lowest BCUT2D eigenvalue weighted by Gasteiger charge is -2.05. The molecule has 1 aromatic heterocycles. The van der Waals surface area contributed by atoms with Gasteiger partial charge in [0.25, 0.3) is 0 Å². The third-order valence-electron chi connectivity index (χ3n) is 2.58. The summed E-state index contributed by atoms with van der Waals surface area (Å²) in [5, 5.41) is 0. The number of carbonyl (C=O) groups excluding carboxylic acids is 2. The molecule has 0 spiro atoms. The number of hydrogen-bond acceptors (Lipinski definition) is 3. The number of carbonyl (C=O) groups is 2. The molecular formula is C14H13NO3. The zero-order valence-electron chi connectivity index (χ0n) is 9.97. The van der Waals surface area contributed by atoms with Crippen LogP contribution in [0, 0.1) is 0 Å². The minimum Gasteiger partial charge on any atom is -0.461 e. The first-order valence-electron chi connectivity index (χ1n) is 5.67. The van der Waals surface area contributed by atoms with Gasteiger partial charge in [0.2, 0.25) is 0 Å². The number of hydrogen-bond donors (Lipinski definition) is 1. The van der Waals surface area contributed by atoms with Crippen LogP contribution < -0.4 is 0 Å². The quantitative estimate of drug-likeness (QED) is 0.663. The smallest absolute Gasteiger partial charge is 0.355 e. The van der Waals surface area contributed by atoms with Gasteiger partial charge in [0.05, 0.1) is 6.61 Å². The maximum absolute atomic E-state index is 11.8. The van der Waals surface area contributed by atoms with Gasteiger partial charge in [-0.15, -0.1) is 0 Å². The van der Waals surface area contributed by atoms with Crippen LogP contribution in [0.25, 0.3) is 11.1 Å². The Kier molecular flexibility index (Phi) is 3.57. The van der Waals surface area contributed by atoms with Crippen LogP contribution in [0.3, 0.4) is 0 Å². The number of esters is 1. The molecule has 0 aliphatic heterocycles. The number of aromatic nitrogens is 1. The summed E-state index contributed by atoms with van der Waals surface area (Å²) in [6, 6.07) is 9.27. The summed E-state index contributed by atoms with van der Waals surface area (Å²) in [6.45, 7) is 2.03. The molecule has 92 valence electrons. The summed E-state index contributed by atoms with van der Waals surface area (Å²) < 4.78 is 4.96. The van der Waals surface area contributed by atoms with E-state index in [4.69, 9.17) is 4.74 Å². The van der Waals surface area contributed by atoms with Crippen molar-refractivity contribution in [2.75, 3.05) is 6.61 Å². The lowest BCUT2D eigenvalue weighted by atomic mass is 10.0. The van der Waals surface area contributed by atoms with E-state index < -0.39 is 5.97 Å². The van der Waals surface area contributed by atoms with E-state index in [0.717, 1.165) is 11.8 Å². The van der Waals surface area contributed by atoms with Crippen molar-refractivity contribution in [3.8, 4) is 11.1 Å². The fourth-order valence-electron chi connectivity index (χ4n) is 1.81. The zero-order valence-corrected chi connectivity index (χ0v) is 9.97. The third kappa shape index (κ3) is 2.18. The molecule has 0 atom stereocenters. The topological polar surface area (TPSA) is 59.2 Å². The van der Waals surface area contributed by atoms with Crippen LogP contribution in [-0.2, 0) is 4.74 Å². The molecule has 0 aliphatic carbocycles. The first-order chi connectivity index (χ1) is 8.77. The summed E-state index contributed by atoms with van der Waals surface area (Å²) in [5.74, 6) is -0.454. The standard InChI is InChI=1S/C14H13NO3/c1-2-18-14(17)13-12(11(9-16)8-15-13)10-6-4-3-5-7-10/h3-9,15H,2H2,1H3. The molecule has 0 aliphatic rings. The molecule has 2 rings (SSSR count). The fraction of sp³-hybridized carbons (Fsp3) is 0.143. The second-order valence-corrected chi connectivity index (χ2v) is 3.70. The number of rotatable bonds is 4. The molecule has 4 nitrogen and oxygen atoms in total. The fourth-order valence-corrected chi connectivity index (χ4v) is 1.81. The summed E-state index contributed by atoms with van der Waals surface area (Å²) >= 11 is 0. The van der Waals surface area contributed by atoms with Gasteiger partial charge in [-0.2, -0.15) is 0 Å². The highest BCUT2D eigenvalue weighted by molar-refractivity contribution is 6.01. The summed E-state index contributed by atoms with van der Waals surface area (Å²) in [4.78, 5) is 25.6. The Hall–Kier alpha value is -2.36. The Bertz CT molecular complexity index is 558. The van der Waals surface area contributed by atoms with E-state index in [2.05, 4.69) is 4.98 Å². The lowest BCUT2D eigenvalue weighted by molar-refractivity contribution is 0.0521. The van der Waals surface area contributed by atoms with Crippen LogP contribution in [0.1, 0.15) is 27.8 Å². The largest absolute Gasteiger partial charge is 0.461 e. The van der Waals surface area contributed by atoms with E-state index >= 15 is 0 Å². The van der Waals surface area contributed by atoms with Crippen molar-refractivity contribution in [1.29, 1.82) is 0 Å². The van der Waals surface area contributed by atoms with Crippen molar-refractivity contribution < 1.29 is 14.3 Å². The highest BCUT2D eigenvalue weighted by Crippen LogP contribution is 2.27. The molecular weight excluding hydrogens is 230 g/mol. The SMILES string of the molecule is CCOC(=O)c1[nH]cc(C=O)c1-c1ccccc1. The van der Waals surface area contributed by atoms with Crippen LogP contribution in [-0.4, -0.2) is 23.8 Å². The number of aromatic amines is 1. The zero-order chi connectivity index (χ0) is 13.0. The minimum atomic E-state index is -0.454. The van der Waals surface area contributed by atoms with Gasteiger partial charge in [0, 0.05) is 17.3 Å². The lowest BCUT2D eigenvalue weighted by Crippen LogP contribution is -2.06. The van der Waals surface area contributed by atoms with E-state index in [1.54, 1.807) is 6.92 Å². The molecule has 0 radical (unpaired) electrons. The molecule has 0 unspecified atom stereocenters. The molecule has 0 amide bonds. The Morgan fingerprint density at radius 3 is 2.67 bits per heavy atom. The Morgan fingerprint density at radius 2 is 2.06 bits per heavy atom. The van der Waals surface area contributed by atoms with Crippen LogP contribution in [0.2, 0.25) is 0 Å². The monoisotopic (exact) mass is 243 g/mol. The molecule has 1 N–H and O–H groups in total. The summed E-state index contributed by atoms with van der Waals surface area (Å²) in [6.07, 6.45) is 2.24. The third-order valence-corrected chi connectivity index (χ3v) is 2.58. The van der Waals surface area contributed by atoms with Gasteiger partial charge in [-0.1, -0.05) is 30.3 Å². The molecule has 1 aromatic carbocycles. The molecule has 0 saturated heterocycles. The van der Waals surface area contributed by atoms with Gasteiger partial charge in [0.1, 0.15) is 5.69 Å². The molecule has 4 heteroatoms. The van der Waals surface area contributed by atoms with Crippen molar-refractivity contribution in [1.82, 2.24) is 4.98 Å². The predicted octanol–water partition coefficient (Wildman–Crippen LogP) is 2.67. The number of benzene rings is 1. The van der Waals surface area contributed by atoms with Crippen LogP contribution in [0.5, 0.6) is 0 Å². The van der Waals surface area contributed by atoms with Crippen LogP contribution in [0.4, 0.5) is 0 Å². The van der Waals surface area contributed by atoms with E-state index in [9.17, 15) is 9.59 Å². The molecule has 2 aromatic rings. The summed E-state index contributed by atoms with van der Waals surface area (Å²) in [7, 11) is 0. The van der Waals surface area contributed by atoms with Crippen molar-refractivity contribution in [2.45, 2.75) is 6.92 Å². The van der Waals surface area contributed by atoms with E-state index in [0.29, 0.717) is 23.4 Å². The van der Waals surface area contributed by atoms with Gasteiger partial charge in [-0.05, 0) is 12.5 Å². The van der Waals surface area contributed by atoms with E-state index in [-0.39, 0.29) is 0 Å². The number of nitrogens with one attached hydrogen (secondary N) is 1. The number of ether oxygens (including phenoxy) is 1. The Morgan fingerprint density at radius 1 is 1.33 bits per heavy atom. The molecule has 0 fully saturated rings. The molecule has 1 heterocycles. The highest BCUT2D eigenvalue weighted by atomic mass is 16.5. The molecule has 0 bridgehead atoms. The van der Waals surface area contributed by atoms with Crippen molar-refractivity contribution in [2.24, 2.45) is 0 Å². The van der Waals surface area contributed by atoms with Gasteiger partial charge < -0.3 is 9.72 Å². The van der Waals surface area contributed by atoms with Crippen LogP contribution >= 0.6 is 0 Å². The Labute approximate surface area is 105 Å². The molecule has 18 heavy (non-hydrogen) atoms. The van der Waals surface area contributed by atoms with Gasteiger partial charge >= 0.3 is 5.97 Å². The number of aldehydes is 1.